The van der Waals surface area contributed by atoms with Gasteiger partial charge in [0.25, 0.3) is 0 Å². The molecule has 0 saturated heterocycles. The molecule has 0 radical (unpaired) electrons. The van der Waals surface area contributed by atoms with E-state index in [0.29, 0.717) is 9.90 Å². The summed E-state index contributed by atoms with van der Waals surface area (Å²) in [5.41, 5.74) is 5.52. The number of hydrogen-bond acceptors (Lipinski definition) is 3. The molecule has 3 nitrogen and oxygen atoms in total. The van der Waals surface area contributed by atoms with E-state index in [-0.39, 0.29) is 0 Å². The fourth-order valence-corrected chi connectivity index (χ4v) is 2.53. The molecule has 0 amide bonds. The Kier molecular flexibility index (Phi) is 2.65. The van der Waals surface area contributed by atoms with E-state index in [2.05, 4.69) is 0 Å². The molecule has 15 heavy (non-hydrogen) atoms. The van der Waals surface area contributed by atoms with Crippen molar-refractivity contribution in [3.05, 3.63) is 34.2 Å². The molecule has 78 valence electrons. The number of carbonyl (C=O) groups is 1. The van der Waals surface area contributed by atoms with Gasteiger partial charge in [0.2, 0.25) is 0 Å². The maximum atomic E-state index is 10.7. The van der Waals surface area contributed by atoms with Crippen LogP contribution in [-0.2, 0) is 4.79 Å². The molecule has 0 aliphatic carbocycles. The third-order valence-corrected chi connectivity index (χ3v) is 3.50. The van der Waals surface area contributed by atoms with Gasteiger partial charge in [-0.15, -0.1) is 11.3 Å². The zero-order valence-electron chi connectivity index (χ0n) is 7.61. The van der Waals surface area contributed by atoms with Crippen molar-refractivity contribution < 1.29 is 9.90 Å². The summed E-state index contributed by atoms with van der Waals surface area (Å²) in [4.78, 5) is 11.3. The first-order chi connectivity index (χ1) is 7.08. The van der Waals surface area contributed by atoms with Crippen molar-refractivity contribution in [2.45, 2.75) is 6.04 Å². The van der Waals surface area contributed by atoms with Gasteiger partial charge >= 0.3 is 5.97 Å². The van der Waals surface area contributed by atoms with Crippen LogP contribution in [0.25, 0.3) is 10.1 Å². The maximum Gasteiger partial charge on any atom is 0.325 e. The van der Waals surface area contributed by atoms with E-state index in [0.717, 1.165) is 10.1 Å². The van der Waals surface area contributed by atoms with Crippen LogP contribution >= 0.6 is 22.9 Å². The Hall–Kier alpha value is -1.10. The van der Waals surface area contributed by atoms with Crippen LogP contribution in [0.5, 0.6) is 0 Å². The Bertz CT molecular complexity index is 523. The van der Waals surface area contributed by atoms with Gasteiger partial charge in [-0.1, -0.05) is 11.6 Å². The normalized spacial score (nSPS) is 12.9. The van der Waals surface area contributed by atoms with Gasteiger partial charge in [0, 0.05) is 14.6 Å². The number of benzene rings is 1. The van der Waals surface area contributed by atoms with Crippen LogP contribution < -0.4 is 5.73 Å². The molecular weight excluding hydrogens is 234 g/mol. The van der Waals surface area contributed by atoms with Crippen LogP contribution in [0.1, 0.15) is 10.9 Å². The minimum absolute atomic E-state index is 0.635. The highest BCUT2D eigenvalue weighted by Crippen LogP contribution is 2.30. The monoisotopic (exact) mass is 241 g/mol. The molecule has 1 heterocycles. The molecule has 3 N–H and O–H groups in total. The average molecular weight is 242 g/mol. The van der Waals surface area contributed by atoms with Gasteiger partial charge in [0.15, 0.2) is 0 Å². The number of carboxylic acids is 1. The van der Waals surface area contributed by atoms with E-state index in [1.54, 1.807) is 18.2 Å². The quantitative estimate of drug-likeness (QED) is 0.850. The van der Waals surface area contributed by atoms with Crippen molar-refractivity contribution in [3.63, 3.8) is 0 Å². The SMILES string of the molecule is NC(C(=O)O)c1cc2cc(Cl)ccc2s1. The van der Waals surface area contributed by atoms with Gasteiger partial charge < -0.3 is 10.8 Å². The minimum Gasteiger partial charge on any atom is -0.480 e. The number of rotatable bonds is 2. The van der Waals surface area contributed by atoms with E-state index in [9.17, 15) is 4.79 Å². The van der Waals surface area contributed by atoms with E-state index in [1.165, 1.54) is 11.3 Å². The van der Waals surface area contributed by atoms with Crippen molar-refractivity contribution in [1.82, 2.24) is 0 Å². The summed E-state index contributed by atoms with van der Waals surface area (Å²) in [7, 11) is 0. The number of hydrogen-bond donors (Lipinski definition) is 2. The maximum absolute atomic E-state index is 10.7. The van der Waals surface area contributed by atoms with Crippen molar-refractivity contribution in [1.29, 1.82) is 0 Å². The van der Waals surface area contributed by atoms with Gasteiger partial charge in [0.05, 0.1) is 0 Å². The molecule has 0 fully saturated rings. The predicted octanol–water partition coefficient (Wildman–Crippen LogP) is 2.64. The molecule has 5 heteroatoms. The Morgan fingerprint density at radius 1 is 1.47 bits per heavy atom. The summed E-state index contributed by atoms with van der Waals surface area (Å²) in [6.45, 7) is 0. The number of halogens is 1. The first-order valence-electron chi connectivity index (χ1n) is 4.25. The fourth-order valence-electron chi connectivity index (χ4n) is 1.31. The summed E-state index contributed by atoms with van der Waals surface area (Å²) in [5.74, 6) is -1.02. The minimum atomic E-state index is -1.02. The van der Waals surface area contributed by atoms with Gasteiger partial charge in [-0.25, -0.2) is 0 Å². The zero-order valence-corrected chi connectivity index (χ0v) is 9.18. The lowest BCUT2D eigenvalue weighted by Crippen LogP contribution is -2.19. The Morgan fingerprint density at radius 2 is 2.20 bits per heavy atom. The van der Waals surface area contributed by atoms with Gasteiger partial charge in [-0.2, -0.15) is 0 Å². The second-order valence-corrected chi connectivity index (χ2v) is 4.70. The van der Waals surface area contributed by atoms with Crippen molar-refractivity contribution >= 4 is 39.0 Å². The highest BCUT2D eigenvalue weighted by atomic mass is 35.5. The van der Waals surface area contributed by atoms with Gasteiger partial charge in [-0.3, -0.25) is 4.79 Å². The highest BCUT2D eigenvalue weighted by molar-refractivity contribution is 7.19. The second-order valence-electron chi connectivity index (χ2n) is 3.15. The molecule has 0 bridgehead atoms. The lowest BCUT2D eigenvalue weighted by atomic mass is 10.2. The molecule has 2 rings (SSSR count). The summed E-state index contributed by atoms with van der Waals surface area (Å²) >= 11 is 7.21. The van der Waals surface area contributed by atoms with Crippen molar-refractivity contribution in [2.24, 2.45) is 5.73 Å². The van der Waals surface area contributed by atoms with E-state index < -0.39 is 12.0 Å². The Labute approximate surface area is 95.1 Å². The number of fused-ring (bicyclic) bond motifs is 1. The number of aliphatic carboxylic acids is 1. The first kappa shape index (κ1) is 10.4. The third kappa shape index (κ3) is 1.97. The largest absolute Gasteiger partial charge is 0.480 e. The fraction of sp³-hybridized carbons (Fsp3) is 0.100. The molecule has 1 atom stereocenters. The average Bonchev–Trinajstić information content (AvgIpc) is 2.58. The summed E-state index contributed by atoms with van der Waals surface area (Å²) < 4.78 is 0.992. The molecule has 2 aromatic rings. The molecule has 1 aromatic carbocycles. The zero-order chi connectivity index (χ0) is 11.0. The summed E-state index contributed by atoms with van der Waals surface area (Å²) in [6.07, 6.45) is 0. The Morgan fingerprint density at radius 3 is 2.87 bits per heavy atom. The lowest BCUT2D eigenvalue weighted by molar-refractivity contribution is -0.138. The number of carboxylic acid groups (broad SMARTS) is 1. The van der Waals surface area contributed by atoms with Crippen LogP contribution in [-0.4, -0.2) is 11.1 Å². The van der Waals surface area contributed by atoms with Crippen molar-refractivity contribution in [2.75, 3.05) is 0 Å². The van der Waals surface area contributed by atoms with Crippen LogP contribution in [0.15, 0.2) is 24.3 Å². The smallest absolute Gasteiger partial charge is 0.325 e. The van der Waals surface area contributed by atoms with Crippen LogP contribution in [0.2, 0.25) is 5.02 Å². The third-order valence-electron chi connectivity index (χ3n) is 2.07. The standard InChI is InChI=1S/C10H8ClNO2S/c11-6-1-2-7-5(3-6)4-8(15-7)9(12)10(13)14/h1-4,9H,12H2,(H,13,14). The lowest BCUT2D eigenvalue weighted by Gasteiger charge is -2.00. The molecule has 0 saturated carbocycles. The highest BCUT2D eigenvalue weighted by Gasteiger charge is 2.16. The van der Waals surface area contributed by atoms with Crippen molar-refractivity contribution in [3.8, 4) is 0 Å². The van der Waals surface area contributed by atoms with Crippen LogP contribution in [0.4, 0.5) is 0 Å². The van der Waals surface area contributed by atoms with E-state index >= 15 is 0 Å². The molecular formula is C10H8ClNO2S. The van der Waals surface area contributed by atoms with Crippen LogP contribution in [0.3, 0.4) is 0 Å². The van der Waals surface area contributed by atoms with Gasteiger partial charge in [-0.05, 0) is 29.7 Å². The first-order valence-corrected chi connectivity index (χ1v) is 5.45. The van der Waals surface area contributed by atoms with Crippen LogP contribution in [0, 0.1) is 0 Å². The second kappa shape index (κ2) is 3.81. The van der Waals surface area contributed by atoms with E-state index in [4.69, 9.17) is 22.4 Å². The predicted molar refractivity (Wildman–Crippen MR) is 61.4 cm³/mol. The Balaban J connectivity index is 2.51. The summed E-state index contributed by atoms with van der Waals surface area (Å²) in [6, 6.07) is 6.24. The topological polar surface area (TPSA) is 63.3 Å². The molecule has 1 unspecified atom stereocenters. The summed E-state index contributed by atoms with van der Waals surface area (Å²) in [5, 5.41) is 10.3. The number of thiophene rings is 1. The van der Waals surface area contributed by atoms with E-state index in [1.807, 2.05) is 6.07 Å². The number of nitrogens with two attached hydrogens (primary N) is 1. The molecule has 1 aromatic heterocycles. The molecule has 0 aliphatic heterocycles. The van der Waals surface area contributed by atoms with Gasteiger partial charge in [0.1, 0.15) is 6.04 Å². The molecule has 0 spiro atoms. The molecule has 0 aliphatic rings.